The van der Waals surface area contributed by atoms with Gasteiger partial charge in [0.15, 0.2) is 11.0 Å². The molecule has 0 atom stereocenters. The van der Waals surface area contributed by atoms with Gasteiger partial charge in [0.1, 0.15) is 11.6 Å². The van der Waals surface area contributed by atoms with Crippen molar-refractivity contribution in [2.45, 2.75) is 19.3 Å². The maximum absolute atomic E-state index is 6.22. The highest BCUT2D eigenvalue weighted by Gasteiger charge is 2.16. The number of aromatic nitrogens is 3. The number of nitrogens with two attached hydrogens (primary N) is 1. The van der Waals surface area contributed by atoms with Crippen LogP contribution >= 0.6 is 11.3 Å². The molecule has 1 fully saturated rings. The van der Waals surface area contributed by atoms with Crippen LogP contribution in [0.3, 0.4) is 0 Å². The third-order valence-electron chi connectivity index (χ3n) is 5.07. The molecule has 32 heavy (non-hydrogen) atoms. The number of anilines is 2. The molecule has 9 nitrogen and oxygen atoms in total. The third-order valence-corrected chi connectivity index (χ3v) is 6.06. The summed E-state index contributed by atoms with van der Waals surface area (Å²) in [7, 11) is 1.62. The second-order valence-electron chi connectivity index (χ2n) is 7.19. The zero-order valence-corrected chi connectivity index (χ0v) is 18.8. The van der Waals surface area contributed by atoms with Gasteiger partial charge in [-0.3, -0.25) is 0 Å². The SMILES string of the molecule is C=CNc1c(C(N)=N/N=C/c2cnc(N3CCCCC3)s2)cnn1-c1cccc(OC)c1. The first-order valence-corrected chi connectivity index (χ1v) is 11.2. The minimum Gasteiger partial charge on any atom is -0.497 e. The Balaban J connectivity index is 1.53. The van der Waals surface area contributed by atoms with Crippen molar-refractivity contribution in [3.8, 4) is 11.4 Å². The Morgan fingerprint density at radius 1 is 1.28 bits per heavy atom. The predicted octanol–water partition coefficient (Wildman–Crippen LogP) is 3.62. The molecule has 3 N–H and O–H groups in total. The molecule has 0 radical (unpaired) electrons. The lowest BCUT2D eigenvalue weighted by Gasteiger charge is -2.25. The van der Waals surface area contributed by atoms with E-state index in [4.69, 9.17) is 10.5 Å². The molecule has 1 saturated heterocycles. The second kappa shape index (κ2) is 10.1. The predicted molar refractivity (Wildman–Crippen MR) is 130 cm³/mol. The number of piperidine rings is 1. The van der Waals surface area contributed by atoms with Crippen LogP contribution in [0.15, 0.2) is 59.6 Å². The monoisotopic (exact) mass is 450 g/mol. The van der Waals surface area contributed by atoms with Crippen LogP contribution in [0.25, 0.3) is 5.69 Å². The van der Waals surface area contributed by atoms with Crippen LogP contribution in [0.1, 0.15) is 29.7 Å². The van der Waals surface area contributed by atoms with Gasteiger partial charge in [0.25, 0.3) is 0 Å². The van der Waals surface area contributed by atoms with E-state index in [-0.39, 0.29) is 5.84 Å². The minimum absolute atomic E-state index is 0.237. The molecular formula is C22H26N8OS. The average molecular weight is 451 g/mol. The molecule has 166 valence electrons. The van der Waals surface area contributed by atoms with Crippen molar-refractivity contribution in [2.24, 2.45) is 15.9 Å². The number of nitrogens with zero attached hydrogens (tertiary/aromatic N) is 6. The molecule has 0 bridgehead atoms. The van der Waals surface area contributed by atoms with Crippen LogP contribution in [0.4, 0.5) is 10.9 Å². The van der Waals surface area contributed by atoms with E-state index in [0.717, 1.165) is 34.5 Å². The number of rotatable bonds is 8. The molecule has 0 saturated carbocycles. The molecule has 3 aromatic rings. The number of methoxy groups -OCH3 is 1. The Labute approximate surface area is 190 Å². The fraction of sp³-hybridized carbons (Fsp3) is 0.273. The molecule has 10 heteroatoms. The smallest absolute Gasteiger partial charge is 0.185 e. The normalized spacial score (nSPS) is 14.7. The van der Waals surface area contributed by atoms with Gasteiger partial charge in [-0.25, -0.2) is 9.67 Å². The summed E-state index contributed by atoms with van der Waals surface area (Å²) in [5, 5.41) is 16.9. The molecular weight excluding hydrogens is 424 g/mol. The summed E-state index contributed by atoms with van der Waals surface area (Å²) in [6.07, 6.45) is 10.4. The lowest BCUT2D eigenvalue weighted by atomic mass is 10.1. The lowest BCUT2D eigenvalue weighted by Crippen LogP contribution is -2.29. The summed E-state index contributed by atoms with van der Waals surface area (Å²) in [6.45, 7) is 5.87. The van der Waals surface area contributed by atoms with Crippen LogP contribution in [0.5, 0.6) is 5.75 Å². The molecule has 0 aliphatic carbocycles. The highest BCUT2D eigenvalue weighted by atomic mass is 32.1. The first-order chi connectivity index (χ1) is 15.7. The van der Waals surface area contributed by atoms with Crippen molar-refractivity contribution in [1.29, 1.82) is 0 Å². The molecule has 1 aliphatic rings. The van der Waals surface area contributed by atoms with Crippen LogP contribution in [0.2, 0.25) is 0 Å². The molecule has 0 unspecified atom stereocenters. The summed E-state index contributed by atoms with van der Waals surface area (Å²) >= 11 is 1.60. The number of amidine groups is 1. The van der Waals surface area contributed by atoms with Gasteiger partial charge in [-0.2, -0.15) is 10.2 Å². The van der Waals surface area contributed by atoms with Gasteiger partial charge in [0.2, 0.25) is 0 Å². The zero-order valence-electron chi connectivity index (χ0n) is 17.9. The van der Waals surface area contributed by atoms with Gasteiger partial charge in [0, 0.05) is 25.4 Å². The molecule has 4 rings (SSSR count). The van der Waals surface area contributed by atoms with Crippen LogP contribution in [-0.4, -0.2) is 47.0 Å². The molecule has 1 aromatic carbocycles. The Bertz CT molecular complexity index is 1130. The van der Waals surface area contributed by atoms with Gasteiger partial charge < -0.3 is 20.7 Å². The van der Waals surface area contributed by atoms with Crippen molar-refractivity contribution in [3.63, 3.8) is 0 Å². The van der Waals surface area contributed by atoms with E-state index in [9.17, 15) is 0 Å². The Kier molecular flexibility index (Phi) is 6.81. The first kappa shape index (κ1) is 21.6. The van der Waals surface area contributed by atoms with Crippen molar-refractivity contribution in [2.75, 3.05) is 30.4 Å². The second-order valence-corrected chi connectivity index (χ2v) is 8.23. The summed E-state index contributed by atoms with van der Waals surface area (Å²) in [4.78, 5) is 7.77. The van der Waals surface area contributed by atoms with E-state index in [1.165, 1.54) is 19.3 Å². The quantitative estimate of drug-likeness (QED) is 0.308. The number of hydrogen-bond acceptors (Lipinski definition) is 8. The van der Waals surface area contributed by atoms with Crippen molar-refractivity contribution < 1.29 is 4.74 Å². The molecule has 2 aromatic heterocycles. The van der Waals surface area contributed by atoms with E-state index in [1.54, 1.807) is 41.7 Å². The number of thiazole rings is 1. The number of nitrogens with one attached hydrogen (secondary N) is 1. The van der Waals surface area contributed by atoms with E-state index in [0.29, 0.717) is 11.4 Å². The molecule has 0 spiro atoms. The van der Waals surface area contributed by atoms with Crippen LogP contribution in [0, 0.1) is 0 Å². The van der Waals surface area contributed by atoms with Crippen molar-refractivity contribution >= 4 is 34.3 Å². The Hall–Kier alpha value is -3.66. The number of hydrogen-bond donors (Lipinski definition) is 2. The van der Waals surface area contributed by atoms with Crippen molar-refractivity contribution in [1.82, 2.24) is 14.8 Å². The standard InChI is InChI=1S/C22H26N8OS/c1-3-24-21-19(15-27-30(21)16-8-7-9-17(12-16)31-2)20(23)28-26-14-18-13-25-22(32-18)29-10-5-4-6-11-29/h3,7-9,12-15,24H,1,4-6,10-11H2,2H3,(H2,23,28)/b26-14+. The lowest BCUT2D eigenvalue weighted by molar-refractivity contribution is 0.414. The van der Waals surface area contributed by atoms with E-state index in [2.05, 4.69) is 37.1 Å². The Morgan fingerprint density at radius 2 is 2.12 bits per heavy atom. The summed E-state index contributed by atoms with van der Waals surface area (Å²) in [5.41, 5.74) is 7.65. The fourth-order valence-corrected chi connectivity index (χ4v) is 4.31. The molecule has 3 heterocycles. The largest absolute Gasteiger partial charge is 0.497 e. The van der Waals surface area contributed by atoms with Gasteiger partial charge in [-0.15, -0.1) is 5.10 Å². The van der Waals surface area contributed by atoms with Crippen LogP contribution < -0.4 is 20.7 Å². The number of ether oxygens (including phenoxy) is 1. The van der Waals surface area contributed by atoms with Gasteiger partial charge in [0.05, 0.1) is 35.6 Å². The highest BCUT2D eigenvalue weighted by Crippen LogP contribution is 2.25. The van der Waals surface area contributed by atoms with Gasteiger partial charge in [-0.1, -0.05) is 24.0 Å². The molecule has 1 aliphatic heterocycles. The van der Waals surface area contributed by atoms with E-state index >= 15 is 0 Å². The minimum atomic E-state index is 0.237. The van der Waals surface area contributed by atoms with Gasteiger partial charge >= 0.3 is 0 Å². The van der Waals surface area contributed by atoms with Gasteiger partial charge in [-0.05, 0) is 37.6 Å². The maximum Gasteiger partial charge on any atom is 0.185 e. The third kappa shape index (κ3) is 4.80. The molecule has 0 amide bonds. The highest BCUT2D eigenvalue weighted by molar-refractivity contribution is 7.17. The zero-order chi connectivity index (χ0) is 22.3. The first-order valence-electron chi connectivity index (χ1n) is 10.4. The maximum atomic E-state index is 6.22. The topological polar surface area (TPSA) is 106 Å². The van der Waals surface area contributed by atoms with E-state index in [1.807, 2.05) is 30.5 Å². The summed E-state index contributed by atoms with van der Waals surface area (Å²) < 4.78 is 7.02. The average Bonchev–Trinajstić information content (AvgIpc) is 3.47. The number of benzene rings is 1. The summed E-state index contributed by atoms with van der Waals surface area (Å²) in [6, 6.07) is 7.56. The summed E-state index contributed by atoms with van der Waals surface area (Å²) in [5.74, 6) is 1.60. The van der Waals surface area contributed by atoms with Crippen molar-refractivity contribution in [3.05, 3.63) is 59.9 Å². The Morgan fingerprint density at radius 3 is 2.91 bits per heavy atom. The fourth-order valence-electron chi connectivity index (χ4n) is 3.48. The van der Waals surface area contributed by atoms with Crippen LogP contribution in [-0.2, 0) is 0 Å². The van der Waals surface area contributed by atoms with E-state index < -0.39 is 0 Å².